The van der Waals surface area contributed by atoms with Gasteiger partial charge in [0, 0.05) is 31.5 Å². The standard InChI is InChI=1S/C14H24N2O/c1-4-8-15-14(10-12(2)17-3)11-13-7-5-6-9-16-13/h5-7,9,12,14-15H,4,8,10-11H2,1-3H3. The number of nitrogens with zero attached hydrogens (tertiary/aromatic N) is 1. The Morgan fingerprint density at radius 1 is 1.41 bits per heavy atom. The molecule has 0 aliphatic heterocycles. The van der Waals surface area contributed by atoms with Gasteiger partial charge in [-0.2, -0.15) is 0 Å². The van der Waals surface area contributed by atoms with Crippen LogP contribution < -0.4 is 5.32 Å². The second-order valence-electron chi connectivity index (χ2n) is 4.46. The van der Waals surface area contributed by atoms with Crippen molar-refractivity contribution in [2.75, 3.05) is 13.7 Å². The number of nitrogens with one attached hydrogen (secondary N) is 1. The molecule has 3 nitrogen and oxygen atoms in total. The molecule has 0 bridgehead atoms. The van der Waals surface area contributed by atoms with Gasteiger partial charge in [-0.1, -0.05) is 13.0 Å². The van der Waals surface area contributed by atoms with Crippen LogP contribution in [0.25, 0.3) is 0 Å². The maximum Gasteiger partial charge on any atom is 0.0558 e. The van der Waals surface area contributed by atoms with Gasteiger partial charge >= 0.3 is 0 Å². The van der Waals surface area contributed by atoms with E-state index in [1.807, 2.05) is 18.3 Å². The van der Waals surface area contributed by atoms with Crippen molar-refractivity contribution in [2.24, 2.45) is 0 Å². The van der Waals surface area contributed by atoms with E-state index in [4.69, 9.17) is 4.74 Å². The molecule has 1 aromatic rings. The van der Waals surface area contributed by atoms with Gasteiger partial charge in [0.25, 0.3) is 0 Å². The highest BCUT2D eigenvalue weighted by Crippen LogP contribution is 2.07. The zero-order valence-corrected chi connectivity index (χ0v) is 11.1. The van der Waals surface area contributed by atoms with E-state index < -0.39 is 0 Å². The van der Waals surface area contributed by atoms with Crippen molar-refractivity contribution in [2.45, 2.75) is 45.3 Å². The van der Waals surface area contributed by atoms with E-state index in [9.17, 15) is 0 Å². The molecule has 1 heterocycles. The summed E-state index contributed by atoms with van der Waals surface area (Å²) in [5, 5.41) is 3.56. The van der Waals surface area contributed by atoms with Gasteiger partial charge in [0.05, 0.1) is 6.10 Å². The van der Waals surface area contributed by atoms with Crippen molar-refractivity contribution in [1.82, 2.24) is 10.3 Å². The fraction of sp³-hybridized carbons (Fsp3) is 0.643. The Morgan fingerprint density at radius 3 is 2.82 bits per heavy atom. The molecule has 0 spiro atoms. The predicted octanol–water partition coefficient (Wildman–Crippen LogP) is 2.42. The summed E-state index contributed by atoms with van der Waals surface area (Å²) in [6, 6.07) is 6.52. The maximum atomic E-state index is 5.34. The number of aromatic nitrogens is 1. The monoisotopic (exact) mass is 236 g/mol. The fourth-order valence-corrected chi connectivity index (χ4v) is 1.86. The molecule has 0 fully saturated rings. The second-order valence-corrected chi connectivity index (χ2v) is 4.46. The highest BCUT2D eigenvalue weighted by Gasteiger charge is 2.13. The maximum absolute atomic E-state index is 5.34. The van der Waals surface area contributed by atoms with Gasteiger partial charge in [-0.25, -0.2) is 0 Å². The van der Waals surface area contributed by atoms with Crippen LogP contribution in [-0.2, 0) is 11.2 Å². The van der Waals surface area contributed by atoms with E-state index in [1.54, 1.807) is 7.11 Å². The third-order valence-electron chi connectivity index (χ3n) is 2.88. The molecular weight excluding hydrogens is 212 g/mol. The summed E-state index contributed by atoms with van der Waals surface area (Å²) in [6.45, 7) is 5.34. The molecule has 0 amide bonds. The summed E-state index contributed by atoms with van der Waals surface area (Å²) in [7, 11) is 1.77. The average molecular weight is 236 g/mol. The SMILES string of the molecule is CCCNC(Cc1ccccn1)CC(C)OC. The smallest absolute Gasteiger partial charge is 0.0558 e. The number of rotatable bonds is 8. The molecule has 1 rings (SSSR count). The lowest BCUT2D eigenvalue weighted by atomic mass is 10.0. The molecule has 0 aromatic carbocycles. The molecule has 1 N–H and O–H groups in total. The Morgan fingerprint density at radius 2 is 2.24 bits per heavy atom. The molecule has 0 saturated heterocycles. The number of pyridine rings is 1. The summed E-state index contributed by atoms with van der Waals surface area (Å²) in [5.41, 5.74) is 1.14. The highest BCUT2D eigenvalue weighted by atomic mass is 16.5. The molecule has 0 saturated carbocycles. The van der Waals surface area contributed by atoms with Crippen LogP contribution in [0.2, 0.25) is 0 Å². The third kappa shape index (κ3) is 5.80. The van der Waals surface area contributed by atoms with E-state index in [2.05, 4.69) is 30.2 Å². The van der Waals surface area contributed by atoms with Gasteiger partial charge in [-0.05, 0) is 38.4 Å². The Balaban J connectivity index is 2.50. The van der Waals surface area contributed by atoms with Gasteiger partial charge in [-0.3, -0.25) is 4.98 Å². The van der Waals surface area contributed by atoms with Crippen molar-refractivity contribution in [3.63, 3.8) is 0 Å². The van der Waals surface area contributed by atoms with Gasteiger partial charge in [0.1, 0.15) is 0 Å². The summed E-state index contributed by atoms with van der Waals surface area (Å²) in [6.07, 6.45) is 5.28. The van der Waals surface area contributed by atoms with Gasteiger partial charge in [-0.15, -0.1) is 0 Å². The van der Waals surface area contributed by atoms with Crippen molar-refractivity contribution in [3.8, 4) is 0 Å². The topological polar surface area (TPSA) is 34.2 Å². The second kappa shape index (κ2) is 8.20. The lowest BCUT2D eigenvalue weighted by Gasteiger charge is -2.21. The number of hydrogen-bond donors (Lipinski definition) is 1. The summed E-state index contributed by atoms with van der Waals surface area (Å²) >= 11 is 0. The molecule has 96 valence electrons. The van der Waals surface area contributed by atoms with E-state index in [1.165, 1.54) is 0 Å². The van der Waals surface area contributed by atoms with Crippen molar-refractivity contribution >= 4 is 0 Å². The lowest BCUT2D eigenvalue weighted by molar-refractivity contribution is 0.100. The first-order chi connectivity index (χ1) is 8.26. The van der Waals surface area contributed by atoms with Crippen LogP contribution in [0.15, 0.2) is 24.4 Å². The average Bonchev–Trinajstić information content (AvgIpc) is 2.37. The Bertz CT molecular complexity index is 290. The van der Waals surface area contributed by atoms with Crippen molar-refractivity contribution in [3.05, 3.63) is 30.1 Å². The molecule has 0 aliphatic carbocycles. The molecule has 0 radical (unpaired) electrons. The minimum Gasteiger partial charge on any atom is -0.382 e. The normalized spacial score (nSPS) is 14.5. The van der Waals surface area contributed by atoms with E-state index in [0.717, 1.165) is 31.5 Å². The molecule has 2 unspecified atom stereocenters. The van der Waals surface area contributed by atoms with E-state index in [-0.39, 0.29) is 6.10 Å². The van der Waals surface area contributed by atoms with Gasteiger partial charge in [0.2, 0.25) is 0 Å². The minimum atomic E-state index is 0.285. The van der Waals surface area contributed by atoms with E-state index in [0.29, 0.717) is 6.04 Å². The van der Waals surface area contributed by atoms with Crippen LogP contribution in [0.1, 0.15) is 32.4 Å². The van der Waals surface area contributed by atoms with Crippen LogP contribution in [-0.4, -0.2) is 30.8 Å². The zero-order valence-electron chi connectivity index (χ0n) is 11.1. The largest absolute Gasteiger partial charge is 0.382 e. The quantitative estimate of drug-likeness (QED) is 0.752. The van der Waals surface area contributed by atoms with Crippen molar-refractivity contribution in [1.29, 1.82) is 0 Å². The number of methoxy groups -OCH3 is 1. The minimum absolute atomic E-state index is 0.285. The predicted molar refractivity (Wildman–Crippen MR) is 71.1 cm³/mol. The summed E-state index contributed by atoms with van der Waals surface area (Å²) in [4.78, 5) is 4.38. The Kier molecular flexibility index (Phi) is 6.82. The Hall–Kier alpha value is -0.930. The van der Waals surface area contributed by atoms with Gasteiger partial charge in [0.15, 0.2) is 0 Å². The molecule has 0 aliphatic rings. The lowest BCUT2D eigenvalue weighted by Crippen LogP contribution is -2.35. The van der Waals surface area contributed by atoms with Gasteiger partial charge < -0.3 is 10.1 Å². The number of ether oxygens (including phenoxy) is 1. The summed E-state index contributed by atoms with van der Waals surface area (Å²) in [5.74, 6) is 0. The van der Waals surface area contributed by atoms with E-state index >= 15 is 0 Å². The highest BCUT2D eigenvalue weighted by molar-refractivity contribution is 5.05. The molecular formula is C14H24N2O. The first-order valence-electron chi connectivity index (χ1n) is 6.42. The first-order valence-corrected chi connectivity index (χ1v) is 6.42. The molecule has 3 heteroatoms. The summed E-state index contributed by atoms with van der Waals surface area (Å²) < 4.78 is 5.34. The Labute approximate surface area is 105 Å². The van der Waals surface area contributed by atoms with Crippen LogP contribution in [0, 0.1) is 0 Å². The molecule has 17 heavy (non-hydrogen) atoms. The number of hydrogen-bond acceptors (Lipinski definition) is 3. The first kappa shape index (κ1) is 14.1. The molecule has 1 aromatic heterocycles. The van der Waals surface area contributed by atoms with Crippen LogP contribution in [0.5, 0.6) is 0 Å². The third-order valence-corrected chi connectivity index (χ3v) is 2.88. The van der Waals surface area contributed by atoms with Crippen LogP contribution in [0.3, 0.4) is 0 Å². The zero-order chi connectivity index (χ0) is 12.5. The van der Waals surface area contributed by atoms with Crippen LogP contribution in [0.4, 0.5) is 0 Å². The molecule has 2 atom stereocenters. The van der Waals surface area contributed by atoms with Crippen LogP contribution >= 0.6 is 0 Å². The van der Waals surface area contributed by atoms with Crippen molar-refractivity contribution < 1.29 is 4.74 Å². The fourth-order valence-electron chi connectivity index (χ4n) is 1.86.